The molecule has 0 saturated carbocycles. The van der Waals surface area contributed by atoms with E-state index in [0.717, 1.165) is 42.6 Å². The number of ether oxygens (including phenoxy) is 1. The average Bonchev–Trinajstić information content (AvgIpc) is 2.53. The topological polar surface area (TPSA) is 38.7 Å². The van der Waals surface area contributed by atoms with Crippen molar-refractivity contribution in [2.45, 2.75) is 71.8 Å². The van der Waals surface area contributed by atoms with E-state index in [2.05, 4.69) is 51.1 Å². The third-order valence-corrected chi connectivity index (χ3v) is 4.49. The van der Waals surface area contributed by atoms with Crippen molar-refractivity contribution in [3.63, 3.8) is 0 Å². The number of allylic oxidation sites excluding steroid dienone is 2. The molecule has 0 saturated heterocycles. The van der Waals surface area contributed by atoms with Gasteiger partial charge in [-0.05, 0) is 81.5 Å². The second kappa shape index (κ2) is 8.27. The molecule has 3 nitrogen and oxygen atoms in total. The molecule has 0 fully saturated rings. The molecule has 0 amide bonds. The first-order valence-corrected chi connectivity index (χ1v) is 8.99. The zero-order chi connectivity index (χ0) is 17.6. The largest absolute Gasteiger partial charge is 0.483 e. The van der Waals surface area contributed by atoms with Gasteiger partial charge in [-0.15, -0.1) is 4.91 Å². The molecule has 0 spiro atoms. The Bertz CT molecular complexity index is 641. The van der Waals surface area contributed by atoms with Crippen LogP contribution >= 0.6 is 0 Å². The van der Waals surface area contributed by atoms with E-state index in [9.17, 15) is 4.91 Å². The molecule has 3 heteroatoms. The zero-order valence-electron chi connectivity index (χ0n) is 15.4. The molecule has 2 rings (SSSR count). The first-order valence-electron chi connectivity index (χ1n) is 8.99. The lowest BCUT2D eigenvalue weighted by molar-refractivity contribution is 0.128. The lowest BCUT2D eigenvalue weighted by Gasteiger charge is -2.32. The Morgan fingerprint density at radius 1 is 1.29 bits per heavy atom. The SMILES string of the molecule is CCCCCc1cc(N=O)c2c(c1)OC(C)(CCC=C(C)C)C=C2. The van der Waals surface area contributed by atoms with E-state index in [1.807, 2.05) is 12.1 Å². The first-order chi connectivity index (χ1) is 11.5. The van der Waals surface area contributed by atoms with E-state index in [1.165, 1.54) is 18.4 Å². The molecule has 1 heterocycles. The maximum absolute atomic E-state index is 11.2. The fourth-order valence-electron chi connectivity index (χ4n) is 3.04. The molecular formula is C21H29NO2. The van der Waals surface area contributed by atoms with Crippen molar-refractivity contribution in [1.29, 1.82) is 0 Å². The van der Waals surface area contributed by atoms with Gasteiger partial charge in [0.15, 0.2) is 0 Å². The van der Waals surface area contributed by atoms with Crippen LogP contribution < -0.4 is 4.74 Å². The number of fused-ring (bicyclic) bond motifs is 1. The molecule has 1 unspecified atom stereocenters. The van der Waals surface area contributed by atoms with Crippen molar-refractivity contribution in [1.82, 2.24) is 0 Å². The lowest BCUT2D eigenvalue weighted by atomic mass is 9.93. The maximum Gasteiger partial charge on any atom is 0.130 e. The number of aryl methyl sites for hydroxylation is 1. The predicted octanol–water partition coefficient (Wildman–Crippen LogP) is 6.73. The van der Waals surface area contributed by atoms with Crippen molar-refractivity contribution in [2.24, 2.45) is 5.18 Å². The van der Waals surface area contributed by atoms with Crippen LogP contribution in [-0.4, -0.2) is 5.60 Å². The number of nitroso groups, excluding NO2 is 1. The number of nitrogens with zero attached hydrogens (tertiary/aromatic N) is 1. The van der Waals surface area contributed by atoms with Gasteiger partial charge < -0.3 is 4.74 Å². The highest BCUT2D eigenvalue weighted by molar-refractivity contribution is 5.73. The molecule has 0 aromatic heterocycles. The van der Waals surface area contributed by atoms with Crippen LogP contribution in [0.15, 0.2) is 35.0 Å². The Kier molecular flexibility index (Phi) is 6.36. The van der Waals surface area contributed by atoms with Crippen LogP contribution in [0.5, 0.6) is 5.75 Å². The van der Waals surface area contributed by atoms with Gasteiger partial charge in [0.05, 0.1) is 0 Å². The van der Waals surface area contributed by atoms with Gasteiger partial charge >= 0.3 is 0 Å². The molecule has 24 heavy (non-hydrogen) atoms. The molecule has 1 aromatic rings. The Labute approximate surface area is 145 Å². The highest BCUT2D eigenvalue weighted by Gasteiger charge is 2.28. The standard InChI is InChI=1S/C21H29NO2/c1-5-6-7-10-17-14-19(22-23)18-11-13-21(4,24-20(18)15-17)12-8-9-16(2)3/h9,11,13-15H,5-8,10,12H2,1-4H3. The number of unbranched alkanes of at least 4 members (excludes halogenated alkanes) is 2. The highest BCUT2D eigenvalue weighted by Crippen LogP contribution is 2.40. The smallest absolute Gasteiger partial charge is 0.130 e. The highest BCUT2D eigenvalue weighted by atomic mass is 16.5. The Morgan fingerprint density at radius 3 is 2.75 bits per heavy atom. The summed E-state index contributed by atoms with van der Waals surface area (Å²) in [5.74, 6) is 0.792. The van der Waals surface area contributed by atoms with Crippen LogP contribution in [0.3, 0.4) is 0 Å². The second-order valence-corrected chi connectivity index (χ2v) is 7.14. The summed E-state index contributed by atoms with van der Waals surface area (Å²) in [7, 11) is 0. The monoisotopic (exact) mass is 327 g/mol. The van der Waals surface area contributed by atoms with Gasteiger partial charge in [0.25, 0.3) is 0 Å². The Morgan fingerprint density at radius 2 is 2.08 bits per heavy atom. The number of rotatable bonds is 8. The normalized spacial score (nSPS) is 18.7. The fraction of sp³-hybridized carbons (Fsp3) is 0.524. The van der Waals surface area contributed by atoms with Gasteiger partial charge in [0.2, 0.25) is 0 Å². The van der Waals surface area contributed by atoms with Gasteiger partial charge in [0, 0.05) is 5.56 Å². The van der Waals surface area contributed by atoms with Gasteiger partial charge in [-0.1, -0.05) is 31.4 Å². The van der Waals surface area contributed by atoms with Crippen LogP contribution in [0.4, 0.5) is 5.69 Å². The molecule has 0 N–H and O–H groups in total. The average molecular weight is 327 g/mol. The zero-order valence-corrected chi connectivity index (χ0v) is 15.4. The maximum atomic E-state index is 11.2. The molecule has 0 aliphatic carbocycles. The van der Waals surface area contributed by atoms with Gasteiger partial charge in [-0.25, -0.2) is 0 Å². The predicted molar refractivity (Wildman–Crippen MR) is 102 cm³/mol. The molecule has 0 bridgehead atoms. The Hall–Kier alpha value is -1.90. The minimum absolute atomic E-state index is 0.332. The van der Waals surface area contributed by atoms with Crippen molar-refractivity contribution < 1.29 is 4.74 Å². The van der Waals surface area contributed by atoms with E-state index in [4.69, 9.17) is 4.74 Å². The summed E-state index contributed by atoms with van der Waals surface area (Å²) in [5, 5.41) is 3.22. The summed E-state index contributed by atoms with van der Waals surface area (Å²) in [4.78, 5) is 11.2. The Balaban J connectivity index is 2.20. The minimum Gasteiger partial charge on any atom is -0.483 e. The van der Waals surface area contributed by atoms with Crippen LogP contribution in [-0.2, 0) is 6.42 Å². The fourth-order valence-corrected chi connectivity index (χ4v) is 3.04. The molecule has 1 atom stereocenters. The van der Waals surface area contributed by atoms with E-state index >= 15 is 0 Å². The van der Waals surface area contributed by atoms with Crippen LogP contribution in [0.25, 0.3) is 6.08 Å². The van der Waals surface area contributed by atoms with Gasteiger partial charge in [0.1, 0.15) is 17.0 Å². The summed E-state index contributed by atoms with van der Waals surface area (Å²) in [6.45, 7) is 8.51. The molecule has 1 aliphatic heterocycles. The molecular weight excluding hydrogens is 298 g/mol. The van der Waals surface area contributed by atoms with E-state index in [0.29, 0.717) is 5.69 Å². The summed E-state index contributed by atoms with van der Waals surface area (Å²) in [6, 6.07) is 3.99. The van der Waals surface area contributed by atoms with E-state index in [1.54, 1.807) is 0 Å². The summed E-state index contributed by atoms with van der Waals surface area (Å²) >= 11 is 0. The van der Waals surface area contributed by atoms with E-state index in [-0.39, 0.29) is 5.60 Å². The first kappa shape index (κ1) is 18.4. The summed E-state index contributed by atoms with van der Waals surface area (Å²) in [5.41, 5.74) is 3.43. The van der Waals surface area contributed by atoms with Gasteiger partial charge in [-0.2, -0.15) is 0 Å². The van der Waals surface area contributed by atoms with Crippen LogP contribution in [0, 0.1) is 4.91 Å². The van der Waals surface area contributed by atoms with E-state index < -0.39 is 0 Å². The van der Waals surface area contributed by atoms with Crippen molar-refractivity contribution >= 4 is 11.8 Å². The van der Waals surface area contributed by atoms with Crippen molar-refractivity contribution in [3.8, 4) is 5.75 Å². The second-order valence-electron chi connectivity index (χ2n) is 7.14. The molecule has 0 radical (unpaired) electrons. The summed E-state index contributed by atoms with van der Waals surface area (Å²) < 4.78 is 6.28. The third-order valence-electron chi connectivity index (χ3n) is 4.49. The summed E-state index contributed by atoms with van der Waals surface area (Å²) in [6.07, 6.45) is 12.6. The third kappa shape index (κ3) is 4.80. The van der Waals surface area contributed by atoms with Gasteiger partial charge in [-0.3, -0.25) is 0 Å². The lowest BCUT2D eigenvalue weighted by Crippen LogP contribution is -2.31. The van der Waals surface area contributed by atoms with Crippen molar-refractivity contribution in [2.75, 3.05) is 0 Å². The number of hydrogen-bond donors (Lipinski definition) is 0. The van der Waals surface area contributed by atoms with Crippen LogP contribution in [0.2, 0.25) is 0 Å². The molecule has 1 aromatic carbocycles. The quantitative estimate of drug-likeness (QED) is 0.302. The van der Waals surface area contributed by atoms with Crippen molar-refractivity contribution in [3.05, 3.63) is 45.9 Å². The van der Waals surface area contributed by atoms with Crippen LogP contribution in [0.1, 0.15) is 70.9 Å². The molecule has 1 aliphatic rings. The minimum atomic E-state index is -0.332. The number of hydrogen-bond acceptors (Lipinski definition) is 3. The number of benzene rings is 1. The molecule has 130 valence electrons.